The molecule has 0 bridgehead atoms. The first-order valence-electron chi connectivity index (χ1n) is 5.86. The van der Waals surface area contributed by atoms with Gasteiger partial charge < -0.3 is 4.74 Å². The molecule has 0 aliphatic rings. The molecule has 0 saturated heterocycles. The van der Waals surface area contributed by atoms with Crippen LogP contribution >= 0.6 is 0 Å². The van der Waals surface area contributed by atoms with Crippen LogP contribution in [0.1, 0.15) is 11.1 Å². The maximum Gasteiger partial charge on any atom is 0.573 e. The van der Waals surface area contributed by atoms with Gasteiger partial charge >= 0.3 is 6.36 Å². The Labute approximate surface area is 118 Å². The minimum absolute atomic E-state index is 0.0485. The topological polar surface area (TPSA) is 33.0 Å². The van der Waals surface area contributed by atoms with Gasteiger partial charge in [-0.15, -0.1) is 13.2 Å². The van der Waals surface area contributed by atoms with Crippen molar-refractivity contribution in [1.29, 1.82) is 5.26 Å². The van der Waals surface area contributed by atoms with E-state index in [9.17, 15) is 17.6 Å². The third-order valence-corrected chi connectivity index (χ3v) is 2.77. The van der Waals surface area contributed by atoms with Crippen LogP contribution in [0.5, 0.6) is 5.75 Å². The van der Waals surface area contributed by atoms with Gasteiger partial charge in [-0.05, 0) is 36.2 Å². The monoisotopic (exact) mass is 295 g/mol. The maximum atomic E-state index is 14.0. The van der Waals surface area contributed by atoms with Crippen molar-refractivity contribution < 1.29 is 22.3 Å². The summed E-state index contributed by atoms with van der Waals surface area (Å²) in [5.74, 6) is -1.11. The highest BCUT2D eigenvalue weighted by Crippen LogP contribution is 2.31. The smallest absolute Gasteiger partial charge is 0.406 e. The third-order valence-electron chi connectivity index (χ3n) is 2.77. The molecule has 0 aliphatic carbocycles. The van der Waals surface area contributed by atoms with Gasteiger partial charge in [0, 0.05) is 5.56 Å². The molecule has 0 aromatic heterocycles. The zero-order valence-corrected chi connectivity index (χ0v) is 10.8. The SMILES string of the molecule is Cc1cccc(-c2cc(C#N)cc(OC(F)(F)F)c2)c1F. The second-order valence-electron chi connectivity index (χ2n) is 4.34. The van der Waals surface area contributed by atoms with Crippen LogP contribution in [0.25, 0.3) is 11.1 Å². The van der Waals surface area contributed by atoms with E-state index in [0.717, 1.165) is 12.1 Å². The number of hydrogen-bond acceptors (Lipinski definition) is 2. The number of hydrogen-bond donors (Lipinski definition) is 0. The molecular weight excluding hydrogens is 286 g/mol. The Morgan fingerprint density at radius 3 is 2.48 bits per heavy atom. The molecule has 0 amide bonds. The van der Waals surface area contributed by atoms with Crippen LogP contribution in [0.4, 0.5) is 17.6 Å². The summed E-state index contributed by atoms with van der Waals surface area (Å²) >= 11 is 0. The van der Waals surface area contributed by atoms with Gasteiger partial charge in [0.25, 0.3) is 0 Å². The lowest BCUT2D eigenvalue weighted by molar-refractivity contribution is -0.274. The van der Waals surface area contributed by atoms with Crippen LogP contribution in [0.15, 0.2) is 36.4 Å². The van der Waals surface area contributed by atoms with Crippen molar-refractivity contribution in [3.05, 3.63) is 53.3 Å². The molecule has 0 atom stereocenters. The zero-order chi connectivity index (χ0) is 15.6. The van der Waals surface area contributed by atoms with Crippen LogP contribution in [-0.4, -0.2) is 6.36 Å². The number of alkyl halides is 3. The number of nitriles is 1. The Balaban J connectivity index is 2.56. The largest absolute Gasteiger partial charge is 0.573 e. The van der Waals surface area contributed by atoms with Crippen LogP contribution in [-0.2, 0) is 0 Å². The van der Waals surface area contributed by atoms with Crippen LogP contribution < -0.4 is 4.74 Å². The Hall–Kier alpha value is -2.55. The van der Waals surface area contributed by atoms with Gasteiger partial charge in [-0.25, -0.2) is 4.39 Å². The molecule has 0 heterocycles. The fraction of sp³-hybridized carbons (Fsp3) is 0.133. The van der Waals surface area contributed by atoms with E-state index < -0.39 is 17.9 Å². The molecule has 0 N–H and O–H groups in total. The second kappa shape index (κ2) is 5.44. The first kappa shape index (κ1) is 14.9. The predicted octanol–water partition coefficient (Wildman–Crippen LogP) is 4.57. The molecule has 0 unspecified atom stereocenters. The molecule has 0 aliphatic heterocycles. The second-order valence-corrected chi connectivity index (χ2v) is 4.34. The minimum Gasteiger partial charge on any atom is -0.406 e. The summed E-state index contributed by atoms with van der Waals surface area (Å²) in [6, 6.07) is 9.58. The fourth-order valence-corrected chi connectivity index (χ4v) is 1.88. The predicted molar refractivity (Wildman–Crippen MR) is 68.0 cm³/mol. The van der Waals surface area contributed by atoms with Crippen molar-refractivity contribution in [2.45, 2.75) is 13.3 Å². The lowest BCUT2D eigenvalue weighted by atomic mass is 10.0. The lowest BCUT2D eigenvalue weighted by Gasteiger charge is -2.12. The van der Waals surface area contributed by atoms with Gasteiger partial charge in [0.1, 0.15) is 11.6 Å². The summed E-state index contributed by atoms with van der Waals surface area (Å²) in [5.41, 5.74) is 0.564. The summed E-state index contributed by atoms with van der Waals surface area (Å²) in [6.45, 7) is 1.54. The number of nitrogens with zero attached hydrogens (tertiary/aromatic N) is 1. The van der Waals surface area contributed by atoms with Gasteiger partial charge in [-0.2, -0.15) is 5.26 Å². The van der Waals surface area contributed by atoms with Crippen molar-refractivity contribution >= 4 is 0 Å². The van der Waals surface area contributed by atoms with E-state index in [0.29, 0.717) is 5.56 Å². The number of rotatable bonds is 2. The van der Waals surface area contributed by atoms with Crippen LogP contribution in [0, 0.1) is 24.1 Å². The molecule has 6 heteroatoms. The van der Waals surface area contributed by atoms with Crippen molar-refractivity contribution in [1.82, 2.24) is 0 Å². The van der Waals surface area contributed by atoms with Crippen LogP contribution in [0.3, 0.4) is 0 Å². The molecule has 2 nitrogen and oxygen atoms in total. The Morgan fingerprint density at radius 1 is 1.14 bits per heavy atom. The molecule has 0 fully saturated rings. The van der Waals surface area contributed by atoms with Gasteiger partial charge in [-0.3, -0.25) is 0 Å². The molecule has 0 radical (unpaired) electrons. The van der Waals surface area contributed by atoms with Gasteiger partial charge in [0.15, 0.2) is 0 Å². The van der Waals surface area contributed by atoms with E-state index >= 15 is 0 Å². The van der Waals surface area contributed by atoms with Crippen LogP contribution in [0.2, 0.25) is 0 Å². The first-order chi connectivity index (χ1) is 9.80. The van der Waals surface area contributed by atoms with Gasteiger partial charge in [-0.1, -0.05) is 18.2 Å². The quantitative estimate of drug-likeness (QED) is 0.760. The molecule has 108 valence electrons. The van der Waals surface area contributed by atoms with Gasteiger partial charge in [0.2, 0.25) is 0 Å². The third kappa shape index (κ3) is 3.51. The number of halogens is 4. The summed E-state index contributed by atoms with van der Waals surface area (Å²) in [5, 5.41) is 8.88. The van der Waals surface area contributed by atoms with Crippen molar-refractivity contribution in [2.24, 2.45) is 0 Å². The Kier molecular flexibility index (Phi) is 3.85. The van der Waals surface area contributed by atoms with E-state index in [4.69, 9.17) is 5.26 Å². The summed E-state index contributed by atoms with van der Waals surface area (Å²) in [7, 11) is 0. The van der Waals surface area contributed by atoms with E-state index in [-0.39, 0.29) is 16.7 Å². The highest BCUT2D eigenvalue weighted by Gasteiger charge is 2.31. The minimum atomic E-state index is -4.88. The number of benzene rings is 2. The summed E-state index contributed by atoms with van der Waals surface area (Å²) in [6.07, 6.45) is -4.88. The average Bonchev–Trinajstić information content (AvgIpc) is 2.39. The zero-order valence-electron chi connectivity index (χ0n) is 10.8. The summed E-state index contributed by atoms with van der Waals surface area (Å²) < 4.78 is 54.7. The molecule has 2 rings (SSSR count). The summed E-state index contributed by atoms with van der Waals surface area (Å²) in [4.78, 5) is 0. The van der Waals surface area contributed by atoms with E-state index in [1.54, 1.807) is 25.1 Å². The molecule has 21 heavy (non-hydrogen) atoms. The van der Waals surface area contributed by atoms with Gasteiger partial charge in [0.05, 0.1) is 11.6 Å². The molecule has 2 aromatic carbocycles. The van der Waals surface area contributed by atoms with E-state index in [1.165, 1.54) is 12.1 Å². The molecule has 0 saturated carbocycles. The average molecular weight is 295 g/mol. The Morgan fingerprint density at radius 2 is 1.86 bits per heavy atom. The van der Waals surface area contributed by atoms with Crippen molar-refractivity contribution in [3.8, 4) is 22.9 Å². The number of ether oxygens (including phenoxy) is 1. The van der Waals surface area contributed by atoms with E-state index in [1.807, 2.05) is 0 Å². The van der Waals surface area contributed by atoms with Crippen molar-refractivity contribution in [3.63, 3.8) is 0 Å². The maximum absolute atomic E-state index is 14.0. The van der Waals surface area contributed by atoms with Crippen molar-refractivity contribution in [2.75, 3.05) is 0 Å². The highest BCUT2D eigenvalue weighted by molar-refractivity contribution is 5.68. The Bertz CT molecular complexity index is 717. The standard InChI is InChI=1S/C15H9F4NO/c1-9-3-2-4-13(14(9)16)11-5-10(8-20)6-12(7-11)21-15(17,18)19/h2-7H,1H3. The lowest BCUT2D eigenvalue weighted by Crippen LogP contribution is -2.17. The molecular formula is C15H9F4NO. The number of aryl methyl sites for hydroxylation is 1. The fourth-order valence-electron chi connectivity index (χ4n) is 1.88. The highest BCUT2D eigenvalue weighted by atomic mass is 19.4. The van der Waals surface area contributed by atoms with E-state index in [2.05, 4.69) is 4.74 Å². The molecule has 0 spiro atoms. The molecule has 2 aromatic rings. The normalized spacial score (nSPS) is 11.0. The first-order valence-corrected chi connectivity index (χ1v) is 5.86.